The lowest BCUT2D eigenvalue weighted by atomic mass is 10.0. The number of hydrogen-bond donors (Lipinski definition) is 1. The zero-order valence-electron chi connectivity index (χ0n) is 11.3. The molecular formula is C15H25NO. The first-order chi connectivity index (χ1) is 8.15. The van der Waals surface area contributed by atoms with Crippen LogP contribution < -0.4 is 10.5 Å². The highest BCUT2D eigenvalue weighted by Gasteiger charge is 2.07. The van der Waals surface area contributed by atoms with E-state index in [0.717, 1.165) is 38.2 Å². The smallest absolute Gasteiger partial charge is 0.122 e. The van der Waals surface area contributed by atoms with Crippen LogP contribution in [0.15, 0.2) is 18.2 Å². The molecular weight excluding hydrogens is 210 g/mol. The summed E-state index contributed by atoms with van der Waals surface area (Å²) in [6.07, 6.45) is 3.33. The molecule has 0 spiro atoms. The SMILES string of the molecule is Cc1ccc(C(C)C)c(OCCCCCN)c1. The summed E-state index contributed by atoms with van der Waals surface area (Å²) in [6.45, 7) is 8.08. The van der Waals surface area contributed by atoms with Crippen LogP contribution in [0, 0.1) is 6.92 Å². The van der Waals surface area contributed by atoms with Crippen LogP contribution in [-0.4, -0.2) is 13.2 Å². The second kappa shape index (κ2) is 7.33. The van der Waals surface area contributed by atoms with Gasteiger partial charge in [0.2, 0.25) is 0 Å². The average Bonchev–Trinajstić information content (AvgIpc) is 2.28. The van der Waals surface area contributed by atoms with Gasteiger partial charge in [0.25, 0.3) is 0 Å². The van der Waals surface area contributed by atoms with Gasteiger partial charge in [-0.3, -0.25) is 0 Å². The lowest BCUT2D eigenvalue weighted by Gasteiger charge is -2.14. The van der Waals surface area contributed by atoms with Gasteiger partial charge in [-0.1, -0.05) is 26.0 Å². The van der Waals surface area contributed by atoms with Crippen LogP contribution >= 0.6 is 0 Å². The Morgan fingerprint density at radius 3 is 2.59 bits per heavy atom. The summed E-state index contributed by atoms with van der Waals surface area (Å²) >= 11 is 0. The molecule has 2 nitrogen and oxygen atoms in total. The third-order valence-corrected chi connectivity index (χ3v) is 2.90. The van der Waals surface area contributed by atoms with Crippen molar-refractivity contribution in [3.05, 3.63) is 29.3 Å². The van der Waals surface area contributed by atoms with Crippen molar-refractivity contribution in [1.82, 2.24) is 0 Å². The van der Waals surface area contributed by atoms with Gasteiger partial charge in [-0.25, -0.2) is 0 Å². The fourth-order valence-corrected chi connectivity index (χ4v) is 1.85. The van der Waals surface area contributed by atoms with Crippen molar-refractivity contribution in [2.75, 3.05) is 13.2 Å². The van der Waals surface area contributed by atoms with Crippen LogP contribution in [0.25, 0.3) is 0 Å². The van der Waals surface area contributed by atoms with Crippen LogP contribution in [0.3, 0.4) is 0 Å². The predicted molar refractivity (Wildman–Crippen MR) is 73.7 cm³/mol. The lowest BCUT2D eigenvalue weighted by molar-refractivity contribution is 0.301. The lowest BCUT2D eigenvalue weighted by Crippen LogP contribution is -2.03. The fourth-order valence-electron chi connectivity index (χ4n) is 1.85. The minimum absolute atomic E-state index is 0.509. The van der Waals surface area contributed by atoms with E-state index in [2.05, 4.69) is 39.0 Å². The quantitative estimate of drug-likeness (QED) is 0.732. The predicted octanol–water partition coefficient (Wildman–Crippen LogP) is 3.63. The van der Waals surface area contributed by atoms with Crippen molar-refractivity contribution in [1.29, 1.82) is 0 Å². The molecule has 0 saturated heterocycles. The molecule has 1 aromatic carbocycles. The maximum absolute atomic E-state index is 5.89. The number of benzene rings is 1. The fraction of sp³-hybridized carbons (Fsp3) is 0.600. The van der Waals surface area contributed by atoms with Crippen LogP contribution in [0.1, 0.15) is 50.2 Å². The normalized spacial score (nSPS) is 10.9. The molecule has 2 heteroatoms. The minimum Gasteiger partial charge on any atom is -0.493 e. The summed E-state index contributed by atoms with van der Waals surface area (Å²) in [5, 5.41) is 0. The second-order valence-corrected chi connectivity index (χ2v) is 4.89. The molecule has 1 aromatic rings. The van der Waals surface area contributed by atoms with E-state index in [9.17, 15) is 0 Å². The van der Waals surface area contributed by atoms with Crippen molar-refractivity contribution < 1.29 is 4.74 Å². The number of rotatable bonds is 7. The molecule has 0 aliphatic carbocycles. The Bertz CT molecular complexity index is 334. The van der Waals surface area contributed by atoms with Gasteiger partial charge in [0.15, 0.2) is 0 Å². The van der Waals surface area contributed by atoms with Crippen molar-refractivity contribution in [2.45, 2.75) is 46.0 Å². The summed E-state index contributed by atoms with van der Waals surface area (Å²) in [7, 11) is 0. The van der Waals surface area contributed by atoms with E-state index in [4.69, 9.17) is 10.5 Å². The molecule has 0 aliphatic rings. The maximum Gasteiger partial charge on any atom is 0.122 e. The van der Waals surface area contributed by atoms with Gasteiger partial charge in [0, 0.05) is 0 Å². The van der Waals surface area contributed by atoms with Gasteiger partial charge < -0.3 is 10.5 Å². The summed E-state index contributed by atoms with van der Waals surface area (Å²) in [5.74, 6) is 1.56. The molecule has 0 aliphatic heterocycles. The largest absolute Gasteiger partial charge is 0.493 e. The Kier molecular flexibility index (Phi) is 6.06. The Morgan fingerprint density at radius 1 is 1.18 bits per heavy atom. The third-order valence-electron chi connectivity index (χ3n) is 2.90. The molecule has 0 unspecified atom stereocenters. The average molecular weight is 235 g/mol. The van der Waals surface area contributed by atoms with Crippen molar-refractivity contribution in [3.63, 3.8) is 0 Å². The third kappa shape index (κ3) is 4.78. The van der Waals surface area contributed by atoms with Crippen molar-refractivity contribution in [3.8, 4) is 5.75 Å². The first-order valence-electron chi connectivity index (χ1n) is 6.58. The summed E-state index contributed by atoms with van der Waals surface area (Å²) in [6, 6.07) is 6.46. The molecule has 2 N–H and O–H groups in total. The highest BCUT2D eigenvalue weighted by molar-refractivity contribution is 5.39. The summed E-state index contributed by atoms with van der Waals surface area (Å²) < 4.78 is 5.89. The molecule has 0 amide bonds. The minimum atomic E-state index is 0.509. The molecule has 17 heavy (non-hydrogen) atoms. The van der Waals surface area contributed by atoms with Crippen LogP contribution in [-0.2, 0) is 0 Å². The van der Waals surface area contributed by atoms with E-state index in [1.165, 1.54) is 11.1 Å². The van der Waals surface area contributed by atoms with E-state index >= 15 is 0 Å². The highest BCUT2D eigenvalue weighted by atomic mass is 16.5. The number of nitrogens with two attached hydrogens (primary N) is 1. The first kappa shape index (κ1) is 14.0. The topological polar surface area (TPSA) is 35.2 Å². The van der Waals surface area contributed by atoms with E-state index in [-0.39, 0.29) is 0 Å². The number of hydrogen-bond acceptors (Lipinski definition) is 2. The van der Waals surface area contributed by atoms with Gasteiger partial charge in [-0.15, -0.1) is 0 Å². The Morgan fingerprint density at radius 2 is 1.94 bits per heavy atom. The molecule has 0 bridgehead atoms. The monoisotopic (exact) mass is 235 g/mol. The Balaban J connectivity index is 2.53. The summed E-state index contributed by atoms with van der Waals surface area (Å²) in [5.41, 5.74) is 8.02. The zero-order valence-corrected chi connectivity index (χ0v) is 11.3. The molecule has 0 atom stereocenters. The standard InChI is InChI=1S/C15H25NO/c1-12(2)14-8-7-13(3)11-15(14)17-10-6-4-5-9-16/h7-8,11-12H,4-6,9-10,16H2,1-3H3. The van der Waals surface area contributed by atoms with Crippen LogP contribution in [0.2, 0.25) is 0 Å². The van der Waals surface area contributed by atoms with E-state index in [1.54, 1.807) is 0 Å². The van der Waals surface area contributed by atoms with Gasteiger partial charge in [-0.2, -0.15) is 0 Å². The Hall–Kier alpha value is -1.02. The van der Waals surface area contributed by atoms with Crippen LogP contribution in [0.5, 0.6) is 5.75 Å². The molecule has 0 fully saturated rings. The highest BCUT2D eigenvalue weighted by Crippen LogP contribution is 2.27. The number of unbranched alkanes of at least 4 members (excludes halogenated alkanes) is 2. The van der Waals surface area contributed by atoms with E-state index < -0.39 is 0 Å². The summed E-state index contributed by atoms with van der Waals surface area (Å²) in [4.78, 5) is 0. The van der Waals surface area contributed by atoms with Gasteiger partial charge in [0.1, 0.15) is 5.75 Å². The van der Waals surface area contributed by atoms with Gasteiger partial charge >= 0.3 is 0 Å². The number of ether oxygens (including phenoxy) is 1. The molecule has 0 radical (unpaired) electrons. The molecule has 0 saturated carbocycles. The number of aryl methyl sites for hydroxylation is 1. The first-order valence-corrected chi connectivity index (χ1v) is 6.58. The second-order valence-electron chi connectivity index (χ2n) is 4.89. The van der Waals surface area contributed by atoms with Crippen LogP contribution in [0.4, 0.5) is 0 Å². The molecule has 1 rings (SSSR count). The van der Waals surface area contributed by atoms with Gasteiger partial charge in [-0.05, 0) is 55.8 Å². The van der Waals surface area contributed by atoms with Crippen molar-refractivity contribution in [2.24, 2.45) is 5.73 Å². The van der Waals surface area contributed by atoms with E-state index in [0.29, 0.717) is 5.92 Å². The molecule has 96 valence electrons. The van der Waals surface area contributed by atoms with Gasteiger partial charge in [0.05, 0.1) is 6.61 Å². The molecule has 0 aromatic heterocycles. The van der Waals surface area contributed by atoms with Crippen molar-refractivity contribution >= 4 is 0 Å². The zero-order chi connectivity index (χ0) is 12.7. The Labute approximate surface area is 105 Å². The van der Waals surface area contributed by atoms with E-state index in [1.807, 2.05) is 0 Å². The molecule has 0 heterocycles. The maximum atomic E-state index is 5.89.